The van der Waals surface area contributed by atoms with Crippen molar-refractivity contribution in [3.8, 4) is 5.75 Å². The van der Waals surface area contributed by atoms with Gasteiger partial charge in [0.1, 0.15) is 23.7 Å². The van der Waals surface area contributed by atoms with Crippen molar-refractivity contribution in [2.24, 2.45) is 0 Å². The monoisotopic (exact) mass is 246 g/mol. The van der Waals surface area contributed by atoms with Gasteiger partial charge in [-0.2, -0.15) is 0 Å². The summed E-state index contributed by atoms with van der Waals surface area (Å²) in [5.41, 5.74) is -0.0859. The standard InChI is InChI=1S/C14H14O4/c15-11-7-4-8-12(16)14(11)13(17)9-18-10-5-2-1-3-6-10/h1-3,5-6,17H,4,7-9H2. The van der Waals surface area contributed by atoms with E-state index in [1.54, 1.807) is 24.3 Å². The molecule has 94 valence electrons. The molecule has 1 saturated carbocycles. The number of ketones is 2. The van der Waals surface area contributed by atoms with Crippen LogP contribution in [0.4, 0.5) is 0 Å². The fourth-order valence-electron chi connectivity index (χ4n) is 1.88. The molecule has 0 radical (unpaired) electrons. The summed E-state index contributed by atoms with van der Waals surface area (Å²) in [6, 6.07) is 8.93. The summed E-state index contributed by atoms with van der Waals surface area (Å²) in [4.78, 5) is 23.1. The molecular weight excluding hydrogens is 232 g/mol. The van der Waals surface area contributed by atoms with Gasteiger partial charge >= 0.3 is 0 Å². The lowest BCUT2D eigenvalue weighted by Gasteiger charge is -2.14. The maximum absolute atomic E-state index is 11.6. The summed E-state index contributed by atoms with van der Waals surface area (Å²) in [5, 5.41) is 9.79. The highest BCUT2D eigenvalue weighted by Gasteiger charge is 2.27. The molecule has 1 aliphatic rings. The van der Waals surface area contributed by atoms with E-state index in [-0.39, 0.29) is 29.5 Å². The number of aliphatic hydroxyl groups excluding tert-OH is 1. The van der Waals surface area contributed by atoms with Crippen molar-refractivity contribution in [2.45, 2.75) is 19.3 Å². The van der Waals surface area contributed by atoms with E-state index in [2.05, 4.69) is 0 Å². The maximum Gasteiger partial charge on any atom is 0.169 e. The first-order chi connectivity index (χ1) is 8.68. The lowest BCUT2D eigenvalue weighted by atomic mass is 9.91. The molecule has 0 unspecified atom stereocenters. The quantitative estimate of drug-likeness (QED) is 0.504. The van der Waals surface area contributed by atoms with E-state index in [1.165, 1.54) is 0 Å². The smallest absolute Gasteiger partial charge is 0.169 e. The third kappa shape index (κ3) is 2.77. The summed E-state index contributed by atoms with van der Waals surface area (Å²) in [7, 11) is 0. The first kappa shape index (κ1) is 12.4. The third-order valence-corrected chi connectivity index (χ3v) is 2.77. The van der Waals surface area contributed by atoms with E-state index >= 15 is 0 Å². The fourth-order valence-corrected chi connectivity index (χ4v) is 1.88. The van der Waals surface area contributed by atoms with Crippen molar-refractivity contribution in [3.63, 3.8) is 0 Å². The average Bonchev–Trinajstić information content (AvgIpc) is 2.37. The van der Waals surface area contributed by atoms with E-state index in [1.807, 2.05) is 6.07 Å². The van der Waals surface area contributed by atoms with Crippen LogP contribution in [0.2, 0.25) is 0 Å². The highest BCUT2D eigenvalue weighted by molar-refractivity contribution is 6.22. The van der Waals surface area contributed by atoms with Gasteiger partial charge in [-0.1, -0.05) is 18.2 Å². The third-order valence-electron chi connectivity index (χ3n) is 2.77. The molecule has 0 atom stereocenters. The first-order valence-electron chi connectivity index (χ1n) is 5.85. The molecule has 2 rings (SSSR count). The van der Waals surface area contributed by atoms with Gasteiger partial charge in [0.15, 0.2) is 11.6 Å². The second-order valence-corrected chi connectivity index (χ2v) is 4.12. The zero-order chi connectivity index (χ0) is 13.0. The SMILES string of the molecule is O=C1CCCC(=O)C1=C(O)COc1ccccc1. The number of aliphatic hydroxyl groups is 1. The largest absolute Gasteiger partial charge is 0.508 e. The summed E-state index contributed by atoms with van der Waals surface area (Å²) < 4.78 is 5.31. The number of ether oxygens (including phenoxy) is 1. The molecule has 0 spiro atoms. The van der Waals surface area contributed by atoms with Crippen LogP contribution < -0.4 is 4.74 Å². The van der Waals surface area contributed by atoms with Gasteiger partial charge in [-0.3, -0.25) is 9.59 Å². The van der Waals surface area contributed by atoms with Crippen LogP contribution in [0.5, 0.6) is 5.75 Å². The molecule has 1 aliphatic carbocycles. The number of hydrogen-bond acceptors (Lipinski definition) is 4. The number of rotatable bonds is 3. The number of carbonyl (C=O) groups excluding carboxylic acids is 2. The van der Waals surface area contributed by atoms with Crippen molar-refractivity contribution in [3.05, 3.63) is 41.7 Å². The molecular formula is C14H14O4. The van der Waals surface area contributed by atoms with Crippen LogP contribution in [0.3, 0.4) is 0 Å². The van der Waals surface area contributed by atoms with E-state index < -0.39 is 0 Å². The van der Waals surface area contributed by atoms with Gasteiger partial charge in [-0.25, -0.2) is 0 Å². The Balaban J connectivity index is 2.08. The van der Waals surface area contributed by atoms with Gasteiger partial charge in [0, 0.05) is 12.8 Å². The number of para-hydroxylation sites is 1. The van der Waals surface area contributed by atoms with Crippen molar-refractivity contribution < 1.29 is 19.4 Å². The van der Waals surface area contributed by atoms with Crippen LogP contribution >= 0.6 is 0 Å². The molecule has 1 N–H and O–H groups in total. The Kier molecular flexibility index (Phi) is 3.77. The molecule has 1 aromatic carbocycles. The lowest BCUT2D eigenvalue weighted by molar-refractivity contribution is -0.124. The topological polar surface area (TPSA) is 63.6 Å². The second-order valence-electron chi connectivity index (χ2n) is 4.12. The van der Waals surface area contributed by atoms with Gasteiger partial charge in [0.05, 0.1) is 0 Å². The zero-order valence-electron chi connectivity index (χ0n) is 9.89. The molecule has 1 aromatic rings. The van der Waals surface area contributed by atoms with E-state index in [0.717, 1.165) is 0 Å². The molecule has 1 fully saturated rings. The number of allylic oxidation sites excluding steroid dienone is 1. The number of carbonyl (C=O) groups is 2. The zero-order valence-corrected chi connectivity index (χ0v) is 9.89. The molecule has 0 heterocycles. The van der Waals surface area contributed by atoms with Gasteiger partial charge in [0.25, 0.3) is 0 Å². The first-order valence-corrected chi connectivity index (χ1v) is 5.85. The number of Topliss-reactive ketones (excluding diaryl/α,β-unsaturated/α-hetero) is 2. The van der Waals surface area contributed by atoms with Crippen LogP contribution in [-0.2, 0) is 9.59 Å². The Bertz CT molecular complexity index is 470. The summed E-state index contributed by atoms with van der Waals surface area (Å²) in [6.07, 6.45) is 1.20. The summed E-state index contributed by atoms with van der Waals surface area (Å²) in [5.74, 6) is -0.269. The van der Waals surface area contributed by atoms with Gasteiger partial charge in [-0.05, 0) is 18.6 Å². The average molecular weight is 246 g/mol. The Morgan fingerprint density at radius 2 is 1.72 bits per heavy atom. The Morgan fingerprint density at radius 3 is 2.33 bits per heavy atom. The predicted octanol–water partition coefficient (Wildman–Crippen LogP) is 2.20. The van der Waals surface area contributed by atoms with Crippen LogP contribution in [0.25, 0.3) is 0 Å². The Labute approximate surface area is 105 Å². The van der Waals surface area contributed by atoms with Crippen LogP contribution in [0, 0.1) is 0 Å². The Morgan fingerprint density at radius 1 is 1.11 bits per heavy atom. The van der Waals surface area contributed by atoms with Crippen molar-refractivity contribution >= 4 is 11.6 Å². The van der Waals surface area contributed by atoms with Crippen LogP contribution in [0.15, 0.2) is 41.7 Å². The maximum atomic E-state index is 11.6. The summed E-state index contributed by atoms with van der Waals surface area (Å²) in [6.45, 7) is -0.156. The molecule has 0 aromatic heterocycles. The van der Waals surface area contributed by atoms with Crippen LogP contribution in [-0.4, -0.2) is 23.3 Å². The van der Waals surface area contributed by atoms with E-state index in [0.29, 0.717) is 25.0 Å². The molecule has 4 heteroatoms. The molecule has 18 heavy (non-hydrogen) atoms. The Hall–Kier alpha value is -2.10. The van der Waals surface area contributed by atoms with E-state index in [9.17, 15) is 14.7 Å². The predicted molar refractivity (Wildman–Crippen MR) is 65.5 cm³/mol. The minimum Gasteiger partial charge on any atom is -0.508 e. The van der Waals surface area contributed by atoms with Crippen molar-refractivity contribution in [1.82, 2.24) is 0 Å². The van der Waals surface area contributed by atoms with Crippen molar-refractivity contribution in [2.75, 3.05) is 6.61 Å². The fraction of sp³-hybridized carbons (Fsp3) is 0.286. The molecule has 0 aliphatic heterocycles. The molecule has 0 amide bonds. The number of benzene rings is 1. The highest BCUT2D eigenvalue weighted by atomic mass is 16.5. The van der Waals surface area contributed by atoms with Crippen LogP contribution in [0.1, 0.15) is 19.3 Å². The lowest BCUT2D eigenvalue weighted by Crippen LogP contribution is -2.22. The second kappa shape index (κ2) is 5.49. The van der Waals surface area contributed by atoms with Gasteiger partial charge < -0.3 is 9.84 Å². The number of hydrogen-bond donors (Lipinski definition) is 1. The molecule has 0 saturated heterocycles. The normalized spacial score (nSPS) is 15.7. The van der Waals surface area contributed by atoms with Crippen molar-refractivity contribution in [1.29, 1.82) is 0 Å². The van der Waals surface area contributed by atoms with Gasteiger partial charge in [0.2, 0.25) is 0 Å². The van der Waals surface area contributed by atoms with Gasteiger partial charge in [-0.15, -0.1) is 0 Å². The molecule has 4 nitrogen and oxygen atoms in total. The molecule has 0 bridgehead atoms. The highest BCUT2D eigenvalue weighted by Crippen LogP contribution is 2.19. The minimum absolute atomic E-state index is 0.0859. The minimum atomic E-state index is -0.291. The summed E-state index contributed by atoms with van der Waals surface area (Å²) >= 11 is 0. The van der Waals surface area contributed by atoms with E-state index in [4.69, 9.17) is 4.74 Å².